The number of hydrogen-bond acceptors (Lipinski definition) is 6. The zero-order valence-corrected chi connectivity index (χ0v) is 21.4. The highest BCUT2D eigenvalue weighted by molar-refractivity contribution is 7.92. The third-order valence-electron chi connectivity index (χ3n) is 5.67. The summed E-state index contributed by atoms with van der Waals surface area (Å²) in [5, 5.41) is 2.86. The third-order valence-corrected chi connectivity index (χ3v) is 7.41. The summed E-state index contributed by atoms with van der Waals surface area (Å²) in [6.07, 6.45) is 0. The Kier molecular flexibility index (Phi) is 8.61. The fourth-order valence-electron chi connectivity index (χ4n) is 3.58. The minimum absolute atomic E-state index is 0.0477. The zero-order chi connectivity index (χ0) is 25.6. The molecule has 10 heteroatoms. The number of benzene rings is 2. The molecule has 1 atom stereocenters. The molecule has 1 aliphatic heterocycles. The van der Waals surface area contributed by atoms with Crippen LogP contribution in [-0.4, -0.2) is 56.8 Å². The van der Waals surface area contributed by atoms with Gasteiger partial charge in [0.25, 0.3) is 0 Å². The lowest BCUT2D eigenvalue weighted by Gasteiger charge is -2.32. The van der Waals surface area contributed by atoms with Crippen LogP contribution in [0.3, 0.4) is 0 Å². The Morgan fingerprint density at radius 2 is 1.71 bits per heavy atom. The van der Waals surface area contributed by atoms with Gasteiger partial charge < -0.3 is 19.7 Å². The molecule has 1 aliphatic rings. The summed E-state index contributed by atoms with van der Waals surface area (Å²) in [5.74, 6) is 0.189. The van der Waals surface area contributed by atoms with Crippen LogP contribution in [0.5, 0.6) is 11.5 Å². The Morgan fingerprint density at radius 1 is 1.03 bits per heavy atom. The van der Waals surface area contributed by atoms with E-state index >= 15 is 0 Å². The van der Waals surface area contributed by atoms with E-state index in [2.05, 4.69) is 5.32 Å². The molecule has 35 heavy (non-hydrogen) atoms. The first-order valence-corrected chi connectivity index (χ1v) is 13.2. The van der Waals surface area contributed by atoms with Gasteiger partial charge in [0.05, 0.1) is 11.4 Å². The van der Waals surface area contributed by atoms with Crippen molar-refractivity contribution in [1.29, 1.82) is 0 Å². The lowest BCUT2D eigenvalue weighted by Crippen LogP contribution is -2.51. The van der Waals surface area contributed by atoms with Crippen molar-refractivity contribution in [2.75, 3.05) is 29.9 Å². The van der Waals surface area contributed by atoms with E-state index in [0.717, 1.165) is 9.87 Å². The summed E-state index contributed by atoms with van der Waals surface area (Å²) >= 11 is 0. The smallest absolute Gasteiger partial charge is 0.244 e. The highest BCUT2D eigenvalue weighted by Crippen LogP contribution is 2.36. The van der Waals surface area contributed by atoms with Crippen LogP contribution in [0.1, 0.15) is 33.3 Å². The molecule has 0 spiro atoms. The summed E-state index contributed by atoms with van der Waals surface area (Å²) in [4.78, 5) is 27.9. The average molecular weight is 504 g/mol. The molecular formula is C25H33N3O6S. The maximum Gasteiger partial charge on any atom is 0.244 e. The molecule has 190 valence electrons. The van der Waals surface area contributed by atoms with E-state index in [-0.39, 0.29) is 30.9 Å². The fraction of sp³-hybridized carbons (Fsp3) is 0.440. The number of sulfonamides is 1. The van der Waals surface area contributed by atoms with Crippen molar-refractivity contribution in [3.05, 3.63) is 54.1 Å². The molecule has 1 heterocycles. The van der Waals surface area contributed by atoms with Crippen molar-refractivity contribution in [2.24, 2.45) is 5.92 Å². The van der Waals surface area contributed by atoms with Crippen LogP contribution in [0.2, 0.25) is 0 Å². The second-order valence-electron chi connectivity index (χ2n) is 8.77. The van der Waals surface area contributed by atoms with E-state index in [1.807, 2.05) is 44.2 Å². The average Bonchev–Trinajstić information content (AvgIpc) is 3.32. The Bertz CT molecular complexity index is 1140. The van der Waals surface area contributed by atoms with Gasteiger partial charge in [-0.25, -0.2) is 8.42 Å². The predicted molar refractivity (Wildman–Crippen MR) is 134 cm³/mol. The molecule has 0 fully saturated rings. The van der Waals surface area contributed by atoms with Gasteiger partial charge in [0, 0.05) is 19.2 Å². The second-order valence-corrected chi connectivity index (χ2v) is 10.9. The molecule has 0 aliphatic carbocycles. The summed E-state index contributed by atoms with van der Waals surface area (Å²) in [5.41, 5.74) is 1.12. The van der Waals surface area contributed by atoms with Gasteiger partial charge in [0.2, 0.25) is 28.6 Å². The molecule has 0 bridgehead atoms. The maximum absolute atomic E-state index is 13.6. The minimum Gasteiger partial charge on any atom is -0.454 e. The van der Waals surface area contributed by atoms with Crippen molar-refractivity contribution in [3.63, 3.8) is 0 Å². The normalized spacial score (nSPS) is 13.4. The van der Waals surface area contributed by atoms with Crippen LogP contribution < -0.4 is 19.1 Å². The number of carbonyl (C=O) groups is 2. The van der Waals surface area contributed by atoms with Crippen molar-refractivity contribution in [3.8, 4) is 11.5 Å². The molecule has 0 radical (unpaired) electrons. The fourth-order valence-corrected chi connectivity index (χ4v) is 4.63. The largest absolute Gasteiger partial charge is 0.454 e. The first-order chi connectivity index (χ1) is 16.6. The van der Waals surface area contributed by atoms with E-state index in [4.69, 9.17) is 9.47 Å². The molecule has 0 unspecified atom stereocenters. The van der Waals surface area contributed by atoms with E-state index in [1.165, 1.54) is 11.8 Å². The summed E-state index contributed by atoms with van der Waals surface area (Å²) in [7, 11) is -3.81. The number of carbonyl (C=O) groups excluding carboxylic acids is 2. The molecule has 2 aromatic carbocycles. The Hall–Kier alpha value is -3.27. The van der Waals surface area contributed by atoms with Gasteiger partial charge in [-0.05, 0) is 37.5 Å². The van der Waals surface area contributed by atoms with Crippen molar-refractivity contribution >= 4 is 27.5 Å². The number of anilines is 1. The second kappa shape index (κ2) is 11.4. The quantitative estimate of drug-likeness (QED) is 0.506. The van der Waals surface area contributed by atoms with Crippen LogP contribution in [0.4, 0.5) is 5.69 Å². The molecule has 0 saturated carbocycles. The molecule has 1 N–H and O–H groups in total. The number of ether oxygens (including phenoxy) is 2. The summed E-state index contributed by atoms with van der Waals surface area (Å²) in [6.45, 7) is 7.37. The van der Waals surface area contributed by atoms with Crippen molar-refractivity contribution in [1.82, 2.24) is 10.2 Å². The molecule has 0 aromatic heterocycles. The summed E-state index contributed by atoms with van der Waals surface area (Å²) < 4.78 is 37.8. The molecule has 2 aromatic rings. The van der Waals surface area contributed by atoms with E-state index in [9.17, 15) is 18.0 Å². The van der Waals surface area contributed by atoms with Crippen molar-refractivity contribution in [2.45, 2.75) is 40.3 Å². The Balaban J connectivity index is 1.90. The van der Waals surface area contributed by atoms with Gasteiger partial charge in [-0.3, -0.25) is 13.9 Å². The van der Waals surface area contributed by atoms with Crippen LogP contribution in [-0.2, 0) is 26.2 Å². The van der Waals surface area contributed by atoms with E-state index in [0.29, 0.717) is 23.7 Å². The minimum atomic E-state index is -3.81. The monoisotopic (exact) mass is 503 g/mol. The van der Waals surface area contributed by atoms with Gasteiger partial charge in [0.15, 0.2) is 11.5 Å². The third kappa shape index (κ3) is 6.66. The molecule has 3 rings (SSSR count). The molecule has 9 nitrogen and oxygen atoms in total. The first kappa shape index (κ1) is 26.3. The van der Waals surface area contributed by atoms with Gasteiger partial charge in [-0.1, -0.05) is 44.2 Å². The standard InChI is InChI=1S/C25H33N3O6S/c1-5-35(31,32)28(21-11-12-22-23(13-21)34-17-33-22)16-24(29)27(15-20-9-7-6-8-10-20)19(4)25(30)26-14-18(2)3/h6-13,18-19H,5,14-17H2,1-4H3,(H,26,30)/t19-/m0/s1. The highest BCUT2D eigenvalue weighted by Gasteiger charge is 2.31. The van der Waals surface area contributed by atoms with Gasteiger partial charge in [0.1, 0.15) is 12.6 Å². The number of hydrogen-bond donors (Lipinski definition) is 1. The lowest BCUT2D eigenvalue weighted by molar-refractivity contribution is -0.139. The SMILES string of the molecule is CCS(=O)(=O)N(CC(=O)N(Cc1ccccc1)[C@@H](C)C(=O)NCC(C)C)c1ccc2c(c1)OCO2. The number of nitrogens with one attached hydrogen (secondary N) is 1. The topological polar surface area (TPSA) is 105 Å². The molecular weight excluding hydrogens is 470 g/mol. The van der Waals surface area contributed by atoms with Crippen LogP contribution >= 0.6 is 0 Å². The number of rotatable bonds is 11. The van der Waals surface area contributed by atoms with Crippen LogP contribution in [0.25, 0.3) is 0 Å². The van der Waals surface area contributed by atoms with Gasteiger partial charge >= 0.3 is 0 Å². The van der Waals surface area contributed by atoms with Gasteiger partial charge in [-0.2, -0.15) is 0 Å². The van der Waals surface area contributed by atoms with Gasteiger partial charge in [-0.15, -0.1) is 0 Å². The maximum atomic E-state index is 13.6. The van der Waals surface area contributed by atoms with Crippen molar-refractivity contribution < 1.29 is 27.5 Å². The Morgan fingerprint density at radius 3 is 2.37 bits per heavy atom. The Labute approximate surface area is 207 Å². The predicted octanol–water partition coefficient (Wildman–Crippen LogP) is 2.76. The number of fused-ring (bicyclic) bond motifs is 1. The highest BCUT2D eigenvalue weighted by atomic mass is 32.2. The molecule has 0 saturated heterocycles. The number of amides is 2. The van der Waals surface area contributed by atoms with Crippen LogP contribution in [0, 0.1) is 5.92 Å². The summed E-state index contributed by atoms with van der Waals surface area (Å²) in [6, 6.07) is 13.2. The van der Waals surface area contributed by atoms with E-state index < -0.39 is 28.5 Å². The van der Waals surface area contributed by atoms with E-state index in [1.54, 1.807) is 25.1 Å². The molecule has 2 amide bonds. The van der Waals surface area contributed by atoms with Crippen LogP contribution in [0.15, 0.2) is 48.5 Å². The zero-order valence-electron chi connectivity index (χ0n) is 20.6. The first-order valence-electron chi connectivity index (χ1n) is 11.6. The number of nitrogens with zero attached hydrogens (tertiary/aromatic N) is 2. The lowest BCUT2D eigenvalue weighted by atomic mass is 10.1.